The molecule has 140 valence electrons. The Balaban J connectivity index is 1.77. The number of hydrogen-bond donors (Lipinski definition) is 1. The molecule has 3 aromatic rings. The molecule has 0 saturated heterocycles. The fourth-order valence-corrected chi connectivity index (χ4v) is 3.30. The van der Waals surface area contributed by atoms with Crippen LogP contribution in [-0.4, -0.2) is 39.1 Å². The van der Waals surface area contributed by atoms with E-state index < -0.39 is 0 Å². The summed E-state index contributed by atoms with van der Waals surface area (Å²) < 4.78 is 5.52. The lowest BCUT2D eigenvalue weighted by Gasteiger charge is -2.23. The van der Waals surface area contributed by atoms with Gasteiger partial charge in [0.05, 0.1) is 6.54 Å². The van der Waals surface area contributed by atoms with Crippen LogP contribution in [-0.2, 0) is 16.6 Å². The minimum Gasteiger partial charge on any atom is -0.505 e. The number of aromatic hydroxyl groups is 1. The quantitative estimate of drug-likeness (QED) is 0.764. The molecule has 2 heterocycles. The van der Waals surface area contributed by atoms with Gasteiger partial charge in [0, 0.05) is 12.0 Å². The van der Waals surface area contributed by atoms with Crippen LogP contribution < -0.4 is 0 Å². The standard InChI is InChI=1S/C21H24N4O2/c1-21(2,3)15-12-14(8-9-19-22-10-11-27-19)13-18(20(15)26)25-23-16-6-4-5-7-17(16)24-25/h4-7,12-13,26H,8-11H2,1-3H3. The molecule has 1 aliphatic rings. The van der Waals surface area contributed by atoms with Gasteiger partial charge in [-0.2, -0.15) is 0 Å². The Kier molecular flexibility index (Phi) is 4.34. The Labute approximate surface area is 158 Å². The van der Waals surface area contributed by atoms with Crippen LogP contribution in [0.2, 0.25) is 0 Å². The molecule has 2 aromatic carbocycles. The number of hydrogen-bond acceptors (Lipinski definition) is 5. The number of aliphatic imine (C=N–C) groups is 1. The molecular weight excluding hydrogens is 340 g/mol. The predicted octanol–water partition coefficient (Wildman–Crippen LogP) is 3.78. The molecule has 0 unspecified atom stereocenters. The molecular formula is C21H24N4O2. The van der Waals surface area contributed by atoms with Gasteiger partial charge in [0.25, 0.3) is 0 Å². The molecule has 6 heteroatoms. The third-order valence-electron chi connectivity index (χ3n) is 4.74. The van der Waals surface area contributed by atoms with E-state index in [2.05, 4.69) is 42.0 Å². The first-order chi connectivity index (χ1) is 12.9. The van der Waals surface area contributed by atoms with Crippen molar-refractivity contribution in [3.63, 3.8) is 0 Å². The van der Waals surface area contributed by atoms with E-state index in [1.54, 1.807) is 0 Å². The van der Waals surface area contributed by atoms with Gasteiger partial charge in [-0.1, -0.05) is 39.0 Å². The first-order valence-corrected chi connectivity index (χ1v) is 9.27. The van der Waals surface area contributed by atoms with E-state index in [4.69, 9.17) is 4.74 Å². The molecule has 1 aliphatic heterocycles. The minimum absolute atomic E-state index is 0.206. The second-order valence-electron chi connectivity index (χ2n) is 7.86. The Morgan fingerprint density at radius 3 is 2.37 bits per heavy atom. The van der Waals surface area contributed by atoms with E-state index in [0.29, 0.717) is 12.3 Å². The summed E-state index contributed by atoms with van der Waals surface area (Å²) in [6.07, 6.45) is 1.54. The Morgan fingerprint density at radius 2 is 1.78 bits per heavy atom. The summed E-state index contributed by atoms with van der Waals surface area (Å²) in [4.78, 5) is 5.89. The van der Waals surface area contributed by atoms with Crippen molar-refractivity contribution in [3.8, 4) is 11.4 Å². The molecule has 6 nitrogen and oxygen atoms in total. The molecule has 0 bridgehead atoms. The fraction of sp³-hybridized carbons (Fsp3) is 0.381. The molecule has 27 heavy (non-hydrogen) atoms. The van der Waals surface area contributed by atoms with Crippen molar-refractivity contribution in [3.05, 3.63) is 47.5 Å². The molecule has 0 saturated carbocycles. The topological polar surface area (TPSA) is 72.5 Å². The number of nitrogens with zero attached hydrogens (tertiary/aromatic N) is 4. The Hall–Kier alpha value is -2.89. The Morgan fingerprint density at radius 1 is 1.07 bits per heavy atom. The maximum absolute atomic E-state index is 11.0. The highest BCUT2D eigenvalue weighted by Crippen LogP contribution is 2.36. The summed E-state index contributed by atoms with van der Waals surface area (Å²) in [7, 11) is 0. The second kappa shape index (κ2) is 6.68. The van der Waals surface area contributed by atoms with Gasteiger partial charge in [-0.25, -0.2) is 0 Å². The molecule has 1 N–H and O–H groups in total. The number of benzene rings is 2. The van der Waals surface area contributed by atoms with Crippen molar-refractivity contribution in [1.82, 2.24) is 15.0 Å². The Bertz CT molecular complexity index is 982. The smallest absolute Gasteiger partial charge is 0.183 e. The maximum atomic E-state index is 11.0. The van der Waals surface area contributed by atoms with Gasteiger partial charge in [-0.15, -0.1) is 15.0 Å². The summed E-state index contributed by atoms with van der Waals surface area (Å²) in [5.41, 5.74) is 3.98. The summed E-state index contributed by atoms with van der Waals surface area (Å²) in [5.74, 6) is 1.03. The van der Waals surface area contributed by atoms with E-state index >= 15 is 0 Å². The van der Waals surface area contributed by atoms with Crippen molar-refractivity contribution in [1.29, 1.82) is 0 Å². The number of rotatable bonds is 4. The zero-order valence-corrected chi connectivity index (χ0v) is 15.9. The van der Waals surface area contributed by atoms with Crippen LogP contribution in [0.1, 0.15) is 38.3 Å². The van der Waals surface area contributed by atoms with Crippen molar-refractivity contribution in [2.75, 3.05) is 13.2 Å². The lowest BCUT2D eigenvalue weighted by Crippen LogP contribution is -2.14. The highest BCUT2D eigenvalue weighted by Gasteiger charge is 2.23. The third kappa shape index (κ3) is 3.52. The van der Waals surface area contributed by atoms with Crippen molar-refractivity contribution in [2.45, 2.75) is 39.0 Å². The number of aromatic nitrogens is 3. The fourth-order valence-electron chi connectivity index (χ4n) is 3.30. The minimum atomic E-state index is -0.206. The summed E-state index contributed by atoms with van der Waals surface area (Å²) >= 11 is 0. The van der Waals surface area contributed by atoms with Crippen LogP contribution >= 0.6 is 0 Å². The van der Waals surface area contributed by atoms with Crippen molar-refractivity contribution < 1.29 is 9.84 Å². The highest BCUT2D eigenvalue weighted by molar-refractivity contribution is 5.77. The molecule has 0 radical (unpaired) electrons. The average molecular weight is 364 g/mol. The van der Waals surface area contributed by atoms with E-state index in [9.17, 15) is 5.11 Å². The number of aryl methyl sites for hydroxylation is 1. The van der Waals surface area contributed by atoms with Crippen LogP contribution in [0.5, 0.6) is 5.75 Å². The molecule has 0 fully saturated rings. The van der Waals surface area contributed by atoms with Crippen LogP contribution in [0.25, 0.3) is 16.7 Å². The van der Waals surface area contributed by atoms with Crippen LogP contribution in [0, 0.1) is 0 Å². The van der Waals surface area contributed by atoms with Crippen LogP contribution in [0.15, 0.2) is 41.4 Å². The zero-order valence-electron chi connectivity index (χ0n) is 15.9. The van der Waals surface area contributed by atoms with Gasteiger partial charge < -0.3 is 9.84 Å². The monoisotopic (exact) mass is 364 g/mol. The van der Waals surface area contributed by atoms with Crippen molar-refractivity contribution in [2.24, 2.45) is 4.99 Å². The normalized spacial score (nSPS) is 14.4. The van der Waals surface area contributed by atoms with Gasteiger partial charge in [0.1, 0.15) is 29.1 Å². The van der Waals surface area contributed by atoms with E-state index in [0.717, 1.165) is 47.4 Å². The number of fused-ring (bicyclic) bond motifs is 1. The van der Waals surface area contributed by atoms with Gasteiger partial charge in [-0.05, 0) is 35.6 Å². The van der Waals surface area contributed by atoms with E-state index in [-0.39, 0.29) is 11.2 Å². The van der Waals surface area contributed by atoms with Gasteiger partial charge in [0.15, 0.2) is 5.90 Å². The maximum Gasteiger partial charge on any atom is 0.183 e. The number of ether oxygens (including phenoxy) is 1. The van der Waals surface area contributed by atoms with Crippen LogP contribution in [0.4, 0.5) is 0 Å². The average Bonchev–Trinajstić information content (AvgIpc) is 3.29. The summed E-state index contributed by atoms with van der Waals surface area (Å²) in [6.45, 7) is 7.69. The molecule has 4 rings (SSSR count). The lowest BCUT2D eigenvalue weighted by molar-refractivity contribution is 0.338. The zero-order chi connectivity index (χ0) is 19.0. The van der Waals surface area contributed by atoms with Crippen LogP contribution in [0.3, 0.4) is 0 Å². The number of phenols is 1. The molecule has 0 spiro atoms. The van der Waals surface area contributed by atoms with E-state index in [1.807, 2.05) is 30.3 Å². The summed E-state index contributed by atoms with van der Waals surface area (Å²) in [6, 6.07) is 11.7. The largest absolute Gasteiger partial charge is 0.505 e. The first-order valence-electron chi connectivity index (χ1n) is 9.27. The van der Waals surface area contributed by atoms with Gasteiger partial charge >= 0.3 is 0 Å². The second-order valence-corrected chi connectivity index (χ2v) is 7.86. The van der Waals surface area contributed by atoms with Gasteiger partial charge in [0.2, 0.25) is 0 Å². The molecule has 0 atom stereocenters. The molecule has 0 amide bonds. The number of phenolic OH excluding ortho intramolecular Hbond substituents is 1. The van der Waals surface area contributed by atoms with Crippen molar-refractivity contribution >= 4 is 16.9 Å². The summed E-state index contributed by atoms with van der Waals surface area (Å²) in [5, 5.41) is 20.0. The lowest BCUT2D eigenvalue weighted by atomic mass is 9.84. The van der Waals surface area contributed by atoms with E-state index in [1.165, 1.54) is 4.80 Å². The molecule has 0 aliphatic carbocycles. The SMILES string of the molecule is CC(C)(C)c1cc(CCC2=NCCO2)cc(-n2nc3ccccc3n2)c1O. The highest BCUT2D eigenvalue weighted by atomic mass is 16.5. The molecule has 1 aromatic heterocycles. The first kappa shape index (κ1) is 17.5. The predicted molar refractivity (Wildman–Crippen MR) is 106 cm³/mol. The van der Waals surface area contributed by atoms with Gasteiger partial charge in [-0.3, -0.25) is 4.99 Å². The third-order valence-corrected chi connectivity index (χ3v) is 4.74.